The topological polar surface area (TPSA) is 79.9 Å². The van der Waals surface area contributed by atoms with Gasteiger partial charge in [0.05, 0.1) is 0 Å². The SMILES string of the molecule is CO[C@@H](C)C(=O)NCCc1nc(-c2ccccc2)n[nH]1. The summed E-state index contributed by atoms with van der Waals surface area (Å²) in [6, 6.07) is 9.74. The van der Waals surface area contributed by atoms with Crippen molar-refractivity contribution in [3.05, 3.63) is 36.2 Å². The lowest BCUT2D eigenvalue weighted by molar-refractivity contribution is -0.129. The molecule has 2 rings (SSSR count). The second kappa shape index (κ2) is 6.81. The van der Waals surface area contributed by atoms with Gasteiger partial charge in [-0.15, -0.1) is 0 Å². The van der Waals surface area contributed by atoms with Crippen LogP contribution in [0, 0.1) is 0 Å². The lowest BCUT2D eigenvalue weighted by atomic mass is 10.2. The van der Waals surface area contributed by atoms with E-state index >= 15 is 0 Å². The van der Waals surface area contributed by atoms with Gasteiger partial charge in [0.2, 0.25) is 5.91 Å². The van der Waals surface area contributed by atoms with Gasteiger partial charge in [0, 0.05) is 25.6 Å². The monoisotopic (exact) mass is 274 g/mol. The summed E-state index contributed by atoms with van der Waals surface area (Å²) >= 11 is 0. The van der Waals surface area contributed by atoms with Gasteiger partial charge in [-0.2, -0.15) is 5.10 Å². The molecule has 6 nitrogen and oxygen atoms in total. The molecule has 2 N–H and O–H groups in total. The summed E-state index contributed by atoms with van der Waals surface area (Å²) in [4.78, 5) is 15.9. The number of benzene rings is 1. The number of nitrogens with zero attached hydrogens (tertiary/aromatic N) is 2. The number of nitrogens with one attached hydrogen (secondary N) is 2. The minimum absolute atomic E-state index is 0.129. The number of amides is 1. The lowest BCUT2D eigenvalue weighted by Gasteiger charge is -2.09. The van der Waals surface area contributed by atoms with Gasteiger partial charge in [-0.25, -0.2) is 4.98 Å². The van der Waals surface area contributed by atoms with Gasteiger partial charge < -0.3 is 10.1 Å². The minimum atomic E-state index is -0.440. The van der Waals surface area contributed by atoms with Crippen molar-refractivity contribution in [2.75, 3.05) is 13.7 Å². The van der Waals surface area contributed by atoms with Crippen LogP contribution in [0.4, 0.5) is 0 Å². The number of rotatable bonds is 6. The van der Waals surface area contributed by atoms with Crippen molar-refractivity contribution < 1.29 is 9.53 Å². The van der Waals surface area contributed by atoms with Crippen LogP contribution in [0.25, 0.3) is 11.4 Å². The fourth-order valence-electron chi connectivity index (χ4n) is 1.68. The second-order valence-corrected chi connectivity index (χ2v) is 4.39. The predicted octanol–water partition coefficient (Wildman–Crippen LogP) is 1.17. The third-order valence-corrected chi connectivity index (χ3v) is 2.95. The largest absolute Gasteiger partial charge is 0.372 e. The smallest absolute Gasteiger partial charge is 0.248 e. The van der Waals surface area contributed by atoms with Gasteiger partial charge >= 0.3 is 0 Å². The average molecular weight is 274 g/mol. The minimum Gasteiger partial charge on any atom is -0.372 e. The molecule has 0 aliphatic rings. The highest BCUT2D eigenvalue weighted by Crippen LogP contribution is 2.13. The second-order valence-electron chi connectivity index (χ2n) is 4.39. The molecule has 0 bridgehead atoms. The molecule has 0 spiro atoms. The number of hydrogen-bond donors (Lipinski definition) is 2. The van der Waals surface area contributed by atoms with Crippen LogP contribution in [0.2, 0.25) is 0 Å². The zero-order valence-corrected chi connectivity index (χ0v) is 11.6. The molecule has 1 heterocycles. The van der Waals surface area contributed by atoms with Crippen molar-refractivity contribution in [3.63, 3.8) is 0 Å². The molecular formula is C14H18N4O2. The molecule has 106 valence electrons. The van der Waals surface area contributed by atoms with Gasteiger partial charge in [-0.1, -0.05) is 30.3 Å². The predicted molar refractivity (Wildman–Crippen MR) is 75.0 cm³/mol. The summed E-state index contributed by atoms with van der Waals surface area (Å²) in [5.74, 6) is 1.28. The third kappa shape index (κ3) is 3.64. The van der Waals surface area contributed by atoms with Gasteiger partial charge in [0.15, 0.2) is 5.82 Å². The molecule has 0 aliphatic carbocycles. The van der Waals surface area contributed by atoms with Crippen LogP contribution in [-0.2, 0) is 16.0 Å². The first kappa shape index (κ1) is 14.2. The zero-order valence-electron chi connectivity index (χ0n) is 11.6. The van der Waals surface area contributed by atoms with E-state index in [1.807, 2.05) is 30.3 Å². The Labute approximate surface area is 117 Å². The summed E-state index contributed by atoms with van der Waals surface area (Å²) in [7, 11) is 1.51. The quantitative estimate of drug-likeness (QED) is 0.828. The molecule has 1 amide bonds. The molecule has 2 aromatic rings. The fraction of sp³-hybridized carbons (Fsp3) is 0.357. The average Bonchev–Trinajstić information content (AvgIpc) is 2.96. The van der Waals surface area contributed by atoms with Gasteiger partial charge in [-0.05, 0) is 6.92 Å². The molecule has 1 atom stereocenters. The lowest BCUT2D eigenvalue weighted by Crippen LogP contribution is -2.35. The van der Waals surface area contributed by atoms with Crippen LogP contribution in [0.3, 0.4) is 0 Å². The number of aromatic amines is 1. The third-order valence-electron chi connectivity index (χ3n) is 2.95. The van der Waals surface area contributed by atoms with Crippen molar-refractivity contribution >= 4 is 5.91 Å². The Bertz CT molecular complexity index is 553. The van der Waals surface area contributed by atoms with Crippen LogP contribution in [-0.4, -0.2) is 40.8 Å². The number of carbonyl (C=O) groups excluding carboxylic acids is 1. The van der Waals surface area contributed by atoms with Crippen LogP contribution in [0.5, 0.6) is 0 Å². The number of hydrogen-bond acceptors (Lipinski definition) is 4. The van der Waals surface area contributed by atoms with Crippen LogP contribution in [0.1, 0.15) is 12.7 Å². The normalized spacial score (nSPS) is 12.1. The highest BCUT2D eigenvalue weighted by atomic mass is 16.5. The van der Waals surface area contributed by atoms with Gasteiger partial charge in [0.25, 0.3) is 0 Å². The first-order valence-electron chi connectivity index (χ1n) is 6.48. The molecule has 0 unspecified atom stereocenters. The zero-order chi connectivity index (χ0) is 14.4. The summed E-state index contributed by atoms with van der Waals surface area (Å²) in [5.41, 5.74) is 0.965. The van der Waals surface area contributed by atoms with E-state index in [2.05, 4.69) is 20.5 Å². The summed E-state index contributed by atoms with van der Waals surface area (Å²) in [6.07, 6.45) is 0.159. The Morgan fingerprint density at radius 2 is 2.15 bits per heavy atom. The molecule has 0 saturated carbocycles. The Morgan fingerprint density at radius 1 is 1.40 bits per heavy atom. The van der Waals surface area contributed by atoms with E-state index in [0.717, 1.165) is 11.4 Å². The van der Waals surface area contributed by atoms with Crippen molar-refractivity contribution in [3.8, 4) is 11.4 Å². The molecule has 0 saturated heterocycles. The van der Waals surface area contributed by atoms with E-state index in [1.54, 1.807) is 6.92 Å². The van der Waals surface area contributed by atoms with Crippen molar-refractivity contribution in [1.82, 2.24) is 20.5 Å². The van der Waals surface area contributed by atoms with Crippen LogP contribution >= 0.6 is 0 Å². The maximum atomic E-state index is 11.5. The molecule has 1 aromatic heterocycles. The van der Waals surface area contributed by atoms with Crippen molar-refractivity contribution in [2.24, 2.45) is 0 Å². The number of H-pyrrole nitrogens is 1. The molecule has 20 heavy (non-hydrogen) atoms. The summed E-state index contributed by atoms with van der Waals surface area (Å²) in [5, 5.41) is 9.82. The van der Waals surface area contributed by atoms with Crippen molar-refractivity contribution in [2.45, 2.75) is 19.4 Å². The molecule has 0 radical (unpaired) electrons. The Hall–Kier alpha value is -2.21. The van der Waals surface area contributed by atoms with E-state index < -0.39 is 6.10 Å². The van der Waals surface area contributed by atoms with Crippen LogP contribution in [0.15, 0.2) is 30.3 Å². The number of methoxy groups -OCH3 is 1. The standard InChI is InChI=1S/C14H18N4O2/c1-10(20-2)14(19)15-9-8-12-16-13(18-17-12)11-6-4-3-5-7-11/h3-7,10H,8-9H2,1-2H3,(H,15,19)(H,16,17,18)/t10-/m0/s1. The Morgan fingerprint density at radius 3 is 2.85 bits per heavy atom. The van der Waals surface area contributed by atoms with Crippen molar-refractivity contribution in [1.29, 1.82) is 0 Å². The number of ether oxygens (including phenoxy) is 1. The van der Waals surface area contributed by atoms with E-state index in [1.165, 1.54) is 7.11 Å². The number of carbonyl (C=O) groups is 1. The molecule has 0 aliphatic heterocycles. The highest BCUT2D eigenvalue weighted by Gasteiger charge is 2.11. The first-order chi connectivity index (χ1) is 9.70. The molecule has 1 aromatic carbocycles. The summed E-state index contributed by atoms with van der Waals surface area (Å²) < 4.78 is 4.93. The van der Waals surface area contributed by atoms with E-state index in [-0.39, 0.29) is 5.91 Å². The maximum Gasteiger partial charge on any atom is 0.248 e. The molecular weight excluding hydrogens is 256 g/mol. The molecule has 0 fully saturated rings. The Kier molecular flexibility index (Phi) is 4.84. The fourth-order valence-corrected chi connectivity index (χ4v) is 1.68. The van der Waals surface area contributed by atoms with Gasteiger partial charge in [0.1, 0.15) is 11.9 Å². The molecule has 6 heteroatoms. The van der Waals surface area contributed by atoms with E-state index in [9.17, 15) is 4.79 Å². The first-order valence-corrected chi connectivity index (χ1v) is 6.48. The van der Waals surface area contributed by atoms with E-state index in [0.29, 0.717) is 18.8 Å². The highest BCUT2D eigenvalue weighted by molar-refractivity contribution is 5.80. The summed E-state index contributed by atoms with van der Waals surface area (Å²) in [6.45, 7) is 2.20. The van der Waals surface area contributed by atoms with Gasteiger partial charge in [-0.3, -0.25) is 9.89 Å². The number of aromatic nitrogens is 3. The van der Waals surface area contributed by atoms with E-state index in [4.69, 9.17) is 4.74 Å². The van der Waals surface area contributed by atoms with Crippen LogP contribution < -0.4 is 5.32 Å². The maximum absolute atomic E-state index is 11.5. The Balaban J connectivity index is 1.86.